The zero-order valence-electron chi connectivity index (χ0n) is 11.0. The molecule has 0 spiro atoms. The van der Waals surface area contributed by atoms with Gasteiger partial charge in [-0.25, -0.2) is 4.98 Å². The predicted molar refractivity (Wildman–Crippen MR) is 71.9 cm³/mol. The molecule has 5 nitrogen and oxygen atoms in total. The number of hydrogen-bond acceptors (Lipinski definition) is 3. The summed E-state index contributed by atoms with van der Waals surface area (Å²) < 4.78 is 0. The van der Waals surface area contributed by atoms with Crippen LogP contribution in [0.1, 0.15) is 41.1 Å². The van der Waals surface area contributed by atoms with E-state index in [9.17, 15) is 9.90 Å². The summed E-state index contributed by atoms with van der Waals surface area (Å²) in [6.45, 7) is 3.70. The fourth-order valence-corrected chi connectivity index (χ4v) is 1.94. The molecule has 1 heterocycles. The number of imidazole rings is 1. The third kappa shape index (κ3) is 2.76. The van der Waals surface area contributed by atoms with Crippen molar-refractivity contribution in [3.63, 3.8) is 0 Å². The Bertz CT molecular complexity index is 564. The van der Waals surface area contributed by atoms with Crippen molar-refractivity contribution in [1.82, 2.24) is 15.3 Å². The highest BCUT2D eigenvalue weighted by atomic mass is 16.3. The normalized spacial score (nSPS) is 12.1. The Hall–Kier alpha value is -2.30. The molecule has 1 amide bonds. The highest BCUT2D eigenvalue weighted by molar-refractivity contribution is 5.96. The molecule has 1 aromatic heterocycles. The summed E-state index contributed by atoms with van der Waals surface area (Å²) in [5, 5.41) is 12.5. The van der Waals surface area contributed by atoms with Crippen LogP contribution in [0, 0.1) is 6.92 Å². The minimum atomic E-state index is -0.211. The van der Waals surface area contributed by atoms with E-state index in [0.717, 1.165) is 12.2 Å². The van der Waals surface area contributed by atoms with Gasteiger partial charge < -0.3 is 15.4 Å². The molecule has 1 atom stereocenters. The van der Waals surface area contributed by atoms with Gasteiger partial charge in [0, 0.05) is 23.5 Å². The summed E-state index contributed by atoms with van der Waals surface area (Å²) >= 11 is 0. The average Bonchev–Trinajstić information content (AvgIpc) is 2.92. The van der Waals surface area contributed by atoms with E-state index in [1.807, 2.05) is 6.92 Å². The van der Waals surface area contributed by atoms with Gasteiger partial charge in [-0.1, -0.05) is 13.0 Å². The molecule has 2 aromatic rings. The zero-order valence-corrected chi connectivity index (χ0v) is 11.0. The minimum Gasteiger partial charge on any atom is -0.508 e. The standard InChI is InChI=1S/C14H17N3O2/c1-3-11(13-15-7-8-16-13)17-14(19)10-5-4-6-12(18)9(10)2/h4-8,11,18H,3H2,1-2H3,(H,15,16)(H,17,19). The van der Waals surface area contributed by atoms with Crippen LogP contribution in [0.3, 0.4) is 0 Å². The SMILES string of the molecule is CCC(NC(=O)c1cccc(O)c1C)c1ncc[nH]1. The number of carbonyl (C=O) groups excluding carboxylic acids is 1. The summed E-state index contributed by atoms with van der Waals surface area (Å²) in [6.07, 6.45) is 4.12. The predicted octanol–water partition coefficient (Wildman–Crippen LogP) is 2.30. The highest BCUT2D eigenvalue weighted by Gasteiger charge is 2.17. The molecule has 1 aromatic carbocycles. The van der Waals surface area contributed by atoms with Crippen molar-refractivity contribution in [1.29, 1.82) is 0 Å². The number of phenols is 1. The van der Waals surface area contributed by atoms with Crippen LogP contribution in [-0.2, 0) is 0 Å². The minimum absolute atomic E-state index is 0.124. The van der Waals surface area contributed by atoms with E-state index in [1.54, 1.807) is 37.5 Å². The van der Waals surface area contributed by atoms with Gasteiger partial charge in [-0.2, -0.15) is 0 Å². The van der Waals surface area contributed by atoms with Crippen molar-refractivity contribution in [2.45, 2.75) is 26.3 Å². The first-order chi connectivity index (χ1) is 9.13. The van der Waals surface area contributed by atoms with Crippen molar-refractivity contribution >= 4 is 5.91 Å². The van der Waals surface area contributed by atoms with Gasteiger partial charge in [0.15, 0.2) is 0 Å². The molecule has 2 rings (SSSR count). The maximum Gasteiger partial charge on any atom is 0.252 e. The van der Waals surface area contributed by atoms with Crippen LogP contribution >= 0.6 is 0 Å². The maximum atomic E-state index is 12.2. The van der Waals surface area contributed by atoms with Crippen LogP contribution in [0.4, 0.5) is 0 Å². The van der Waals surface area contributed by atoms with Crippen molar-refractivity contribution in [3.8, 4) is 5.75 Å². The molecule has 100 valence electrons. The van der Waals surface area contributed by atoms with Crippen LogP contribution in [0.15, 0.2) is 30.6 Å². The molecule has 0 radical (unpaired) electrons. The lowest BCUT2D eigenvalue weighted by Crippen LogP contribution is -2.29. The van der Waals surface area contributed by atoms with Gasteiger partial charge in [0.05, 0.1) is 6.04 Å². The lowest BCUT2D eigenvalue weighted by Gasteiger charge is -2.16. The topological polar surface area (TPSA) is 78.0 Å². The molecule has 3 N–H and O–H groups in total. The number of benzene rings is 1. The van der Waals surface area contributed by atoms with Gasteiger partial charge in [-0.3, -0.25) is 4.79 Å². The van der Waals surface area contributed by atoms with Gasteiger partial charge in [0.25, 0.3) is 5.91 Å². The number of H-pyrrole nitrogens is 1. The fraction of sp³-hybridized carbons (Fsp3) is 0.286. The molecule has 0 aliphatic heterocycles. The van der Waals surface area contributed by atoms with Crippen LogP contribution in [-0.4, -0.2) is 21.0 Å². The molecule has 0 aliphatic rings. The second kappa shape index (κ2) is 5.56. The van der Waals surface area contributed by atoms with Crippen molar-refractivity contribution in [3.05, 3.63) is 47.5 Å². The number of aromatic nitrogens is 2. The summed E-state index contributed by atoms with van der Waals surface area (Å²) in [4.78, 5) is 19.4. The number of nitrogens with zero attached hydrogens (tertiary/aromatic N) is 1. The molecule has 0 bridgehead atoms. The third-order valence-electron chi connectivity index (χ3n) is 3.11. The summed E-state index contributed by atoms with van der Waals surface area (Å²) in [5.41, 5.74) is 1.05. The van der Waals surface area contributed by atoms with Crippen LogP contribution in [0.5, 0.6) is 5.75 Å². The second-order valence-corrected chi connectivity index (χ2v) is 4.36. The smallest absolute Gasteiger partial charge is 0.252 e. The van der Waals surface area contributed by atoms with Crippen molar-refractivity contribution in [2.24, 2.45) is 0 Å². The summed E-state index contributed by atoms with van der Waals surface area (Å²) in [6, 6.07) is 4.75. The average molecular weight is 259 g/mol. The number of carbonyl (C=O) groups is 1. The molecular weight excluding hydrogens is 242 g/mol. The van der Waals surface area contributed by atoms with Gasteiger partial charge >= 0.3 is 0 Å². The van der Waals surface area contributed by atoms with Crippen molar-refractivity contribution < 1.29 is 9.90 Å². The number of aromatic amines is 1. The Labute approximate surface area is 111 Å². The molecule has 5 heteroatoms. The van der Waals surface area contributed by atoms with Crippen LogP contribution < -0.4 is 5.32 Å². The van der Waals surface area contributed by atoms with Crippen LogP contribution in [0.2, 0.25) is 0 Å². The lowest BCUT2D eigenvalue weighted by atomic mass is 10.1. The second-order valence-electron chi connectivity index (χ2n) is 4.36. The Morgan fingerprint density at radius 2 is 2.32 bits per heavy atom. The van der Waals surface area contributed by atoms with Crippen LogP contribution in [0.25, 0.3) is 0 Å². The molecular formula is C14H17N3O2. The molecule has 0 aliphatic carbocycles. The first-order valence-corrected chi connectivity index (χ1v) is 6.22. The van der Waals surface area contributed by atoms with E-state index in [2.05, 4.69) is 15.3 Å². The third-order valence-corrected chi connectivity index (χ3v) is 3.11. The van der Waals surface area contributed by atoms with Gasteiger partial charge in [-0.15, -0.1) is 0 Å². The van der Waals surface area contributed by atoms with E-state index in [-0.39, 0.29) is 17.7 Å². The molecule has 1 unspecified atom stereocenters. The Balaban J connectivity index is 2.18. The number of aromatic hydroxyl groups is 1. The Kier molecular flexibility index (Phi) is 3.85. The zero-order chi connectivity index (χ0) is 13.8. The summed E-state index contributed by atoms with van der Waals surface area (Å²) in [5.74, 6) is 0.643. The Morgan fingerprint density at radius 1 is 1.53 bits per heavy atom. The first-order valence-electron chi connectivity index (χ1n) is 6.22. The highest BCUT2D eigenvalue weighted by Crippen LogP contribution is 2.20. The monoisotopic (exact) mass is 259 g/mol. The van der Waals surface area contributed by atoms with E-state index in [0.29, 0.717) is 11.1 Å². The quantitative estimate of drug-likeness (QED) is 0.788. The van der Waals surface area contributed by atoms with E-state index < -0.39 is 0 Å². The molecule has 0 saturated carbocycles. The van der Waals surface area contributed by atoms with Gasteiger partial charge in [0.1, 0.15) is 11.6 Å². The fourth-order valence-electron chi connectivity index (χ4n) is 1.94. The number of hydrogen-bond donors (Lipinski definition) is 3. The Morgan fingerprint density at radius 3 is 2.95 bits per heavy atom. The largest absolute Gasteiger partial charge is 0.508 e. The number of nitrogens with one attached hydrogen (secondary N) is 2. The lowest BCUT2D eigenvalue weighted by molar-refractivity contribution is 0.0933. The number of phenolic OH excluding ortho intramolecular Hbond substituents is 1. The van der Waals surface area contributed by atoms with Gasteiger partial charge in [-0.05, 0) is 25.5 Å². The summed E-state index contributed by atoms with van der Waals surface area (Å²) in [7, 11) is 0. The van der Waals surface area contributed by atoms with E-state index in [1.165, 1.54) is 0 Å². The molecule has 19 heavy (non-hydrogen) atoms. The van der Waals surface area contributed by atoms with E-state index >= 15 is 0 Å². The molecule has 0 saturated heterocycles. The number of amides is 1. The number of rotatable bonds is 4. The van der Waals surface area contributed by atoms with Gasteiger partial charge in [0.2, 0.25) is 0 Å². The van der Waals surface area contributed by atoms with Crippen molar-refractivity contribution in [2.75, 3.05) is 0 Å². The maximum absolute atomic E-state index is 12.2. The molecule has 0 fully saturated rings. The first kappa shape index (κ1) is 13.1. The van der Waals surface area contributed by atoms with E-state index in [4.69, 9.17) is 0 Å².